The highest BCUT2D eigenvalue weighted by Crippen LogP contribution is 2.23. The van der Waals surface area contributed by atoms with Crippen LogP contribution in [0.25, 0.3) is 0 Å². The van der Waals surface area contributed by atoms with Crippen molar-refractivity contribution in [3.63, 3.8) is 0 Å². The van der Waals surface area contributed by atoms with E-state index < -0.39 is 5.82 Å². The van der Waals surface area contributed by atoms with Crippen molar-refractivity contribution in [1.29, 1.82) is 0 Å². The Hall–Kier alpha value is -2.91. The summed E-state index contributed by atoms with van der Waals surface area (Å²) in [6, 6.07) is 13.8. The molecule has 1 fully saturated rings. The van der Waals surface area contributed by atoms with E-state index in [2.05, 4.69) is 15.2 Å². The molecule has 0 saturated carbocycles. The first-order valence-electron chi connectivity index (χ1n) is 10.2. The SMILES string of the molecule is Cc1csc(SCC(=O)Nc2ccc(N3CCN(C(=O)c4ccccc4F)CC3)cc2)n1. The van der Waals surface area contributed by atoms with Crippen LogP contribution in [0.1, 0.15) is 16.1 Å². The Labute approximate surface area is 194 Å². The summed E-state index contributed by atoms with van der Waals surface area (Å²) < 4.78 is 14.8. The largest absolute Gasteiger partial charge is 0.368 e. The fraction of sp³-hybridized carbons (Fsp3) is 0.261. The molecule has 1 aromatic heterocycles. The molecule has 166 valence electrons. The maximum absolute atomic E-state index is 13.9. The number of nitrogens with zero attached hydrogens (tertiary/aromatic N) is 3. The second kappa shape index (κ2) is 10.1. The lowest BCUT2D eigenvalue weighted by Gasteiger charge is -2.36. The summed E-state index contributed by atoms with van der Waals surface area (Å²) in [5.41, 5.74) is 2.84. The van der Waals surface area contributed by atoms with Crippen molar-refractivity contribution in [3.8, 4) is 0 Å². The molecule has 2 heterocycles. The summed E-state index contributed by atoms with van der Waals surface area (Å²) >= 11 is 2.97. The van der Waals surface area contributed by atoms with Gasteiger partial charge in [0.1, 0.15) is 5.82 Å². The third-order valence-electron chi connectivity index (χ3n) is 5.11. The zero-order chi connectivity index (χ0) is 22.5. The van der Waals surface area contributed by atoms with Gasteiger partial charge in [-0.15, -0.1) is 11.3 Å². The first-order chi connectivity index (χ1) is 15.5. The van der Waals surface area contributed by atoms with Crippen molar-refractivity contribution in [2.75, 3.05) is 42.1 Å². The molecule has 6 nitrogen and oxygen atoms in total. The molecule has 2 aromatic carbocycles. The van der Waals surface area contributed by atoms with Crippen LogP contribution in [0.5, 0.6) is 0 Å². The van der Waals surface area contributed by atoms with Gasteiger partial charge in [0, 0.05) is 48.6 Å². The number of hydrogen-bond donors (Lipinski definition) is 1. The molecule has 0 aliphatic carbocycles. The van der Waals surface area contributed by atoms with Gasteiger partial charge >= 0.3 is 0 Å². The molecule has 32 heavy (non-hydrogen) atoms. The standard InChI is InChI=1S/C23H23FN4O2S2/c1-16-14-31-23(25-16)32-15-21(29)26-17-6-8-18(9-7-17)27-10-12-28(13-11-27)22(30)19-4-2-3-5-20(19)24/h2-9,14H,10-13,15H2,1H3,(H,26,29). The van der Waals surface area contributed by atoms with Crippen LogP contribution >= 0.6 is 23.1 Å². The van der Waals surface area contributed by atoms with Crippen LogP contribution in [0, 0.1) is 12.7 Å². The summed E-state index contributed by atoms with van der Waals surface area (Å²) in [5, 5.41) is 4.87. The Morgan fingerprint density at radius 2 is 1.81 bits per heavy atom. The number of anilines is 2. The molecule has 3 aromatic rings. The number of aryl methyl sites for hydroxylation is 1. The van der Waals surface area contributed by atoms with Gasteiger partial charge in [0.15, 0.2) is 4.34 Å². The van der Waals surface area contributed by atoms with Gasteiger partial charge in [0.25, 0.3) is 5.91 Å². The quantitative estimate of drug-likeness (QED) is 0.545. The molecule has 4 rings (SSSR count). The lowest BCUT2D eigenvalue weighted by molar-refractivity contribution is -0.113. The van der Waals surface area contributed by atoms with Crippen LogP contribution in [0.4, 0.5) is 15.8 Å². The number of benzene rings is 2. The molecule has 0 bridgehead atoms. The number of piperazine rings is 1. The Kier molecular flexibility index (Phi) is 7.06. The predicted octanol–water partition coefficient (Wildman–Crippen LogP) is 4.28. The van der Waals surface area contributed by atoms with Crippen LogP contribution in [0.15, 0.2) is 58.3 Å². The molecule has 0 atom stereocenters. The molecule has 0 spiro atoms. The third kappa shape index (κ3) is 5.46. The molecule has 2 amide bonds. The van der Waals surface area contributed by atoms with E-state index in [-0.39, 0.29) is 17.4 Å². The van der Waals surface area contributed by atoms with Crippen molar-refractivity contribution in [3.05, 3.63) is 71.0 Å². The Morgan fingerprint density at radius 3 is 2.47 bits per heavy atom. The Morgan fingerprint density at radius 1 is 1.09 bits per heavy atom. The summed E-state index contributed by atoms with van der Waals surface area (Å²) in [6.45, 7) is 4.31. The highest BCUT2D eigenvalue weighted by molar-refractivity contribution is 8.01. The molecule has 1 saturated heterocycles. The van der Waals surface area contributed by atoms with E-state index >= 15 is 0 Å². The number of halogens is 1. The number of hydrogen-bond acceptors (Lipinski definition) is 6. The predicted molar refractivity (Wildman–Crippen MR) is 127 cm³/mol. The highest BCUT2D eigenvalue weighted by Gasteiger charge is 2.24. The minimum absolute atomic E-state index is 0.0733. The van der Waals surface area contributed by atoms with Gasteiger partial charge in [-0.3, -0.25) is 9.59 Å². The number of nitrogens with one attached hydrogen (secondary N) is 1. The summed E-state index contributed by atoms with van der Waals surface area (Å²) in [6.07, 6.45) is 0. The number of thioether (sulfide) groups is 1. The summed E-state index contributed by atoms with van der Waals surface area (Å²) in [7, 11) is 0. The van der Waals surface area contributed by atoms with Crippen LogP contribution in [-0.4, -0.2) is 53.6 Å². The third-order valence-corrected chi connectivity index (χ3v) is 7.25. The zero-order valence-electron chi connectivity index (χ0n) is 17.6. The van der Waals surface area contributed by atoms with Crippen LogP contribution < -0.4 is 10.2 Å². The fourth-order valence-corrected chi connectivity index (χ4v) is 5.10. The van der Waals surface area contributed by atoms with Gasteiger partial charge in [0.05, 0.1) is 11.3 Å². The topological polar surface area (TPSA) is 65.5 Å². The van der Waals surface area contributed by atoms with Crippen molar-refractivity contribution in [2.24, 2.45) is 0 Å². The van der Waals surface area contributed by atoms with Gasteiger partial charge in [-0.05, 0) is 43.3 Å². The molecule has 1 aliphatic heterocycles. The molecule has 0 radical (unpaired) electrons. The van der Waals surface area contributed by atoms with Crippen LogP contribution in [0.2, 0.25) is 0 Å². The van der Waals surface area contributed by atoms with Crippen molar-refractivity contribution >= 4 is 46.3 Å². The molecular formula is C23H23FN4O2S2. The number of aromatic nitrogens is 1. The normalized spacial score (nSPS) is 13.8. The monoisotopic (exact) mass is 470 g/mol. The molecule has 0 unspecified atom stereocenters. The number of amides is 2. The average molecular weight is 471 g/mol. The summed E-state index contributed by atoms with van der Waals surface area (Å²) in [5.74, 6) is -0.521. The number of rotatable bonds is 6. The van der Waals surface area contributed by atoms with E-state index in [9.17, 15) is 14.0 Å². The maximum atomic E-state index is 13.9. The first kappa shape index (κ1) is 22.3. The maximum Gasteiger partial charge on any atom is 0.256 e. The van der Waals surface area contributed by atoms with Gasteiger partial charge < -0.3 is 15.1 Å². The van der Waals surface area contributed by atoms with Crippen molar-refractivity contribution in [2.45, 2.75) is 11.3 Å². The minimum Gasteiger partial charge on any atom is -0.368 e. The molecule has 1 N–H and O–H groups in total. The van der Waals surface area contributed by atoms with Gasteiger partial charge in [0.2, 0.25) is 5.91 Å². The van der Waals surface area contributed by atoms with E-state index in [1.165, 1.54) is 23.9 Å². The Balaban J connectivity index is 1.27. The second-order valence-corrected chi connectivity index (χ2v) is 9.48. The number of carbonyl (C=O) groups is 2. The van der Waals surface area contributed by atoms with Crippen molar-refractivity contribution in [1.82, 2.24) is 9.88 Å². The smallest absolute Gasteiger partial charge is 0.256 e. The Bertz CT molecular complexity index is 1100. The van der Waals surface area contributed by atoms with Gasteiger partial charge in [-0.1, -0.05) is 23.9 Å². The lowest BCUT2D eigenvalue weighted by atomic mass is 10.1. The highest BCUT2D eigenvalue weighted by atomic mass is 32.2. The van der Waals surface area contributed by atoms with Gasteiger partial charge in [-0.25, -0.2) is 9.37 Å². The van der Waals surface area contributed by atoms with Crippen molar-refractivity contribution < 1.29 is 14.0 Å². The zero-order valence-corrected chi connectivity index (χ0v) is 19.2. The van der Waals surface area contributed by atoms with E-state index in [0.717, 1.165) is 21.4 Å². The molecule has 1 aliphatic rings. The van der Waals surface area contributed by atoms with E-state index in [1.807, 2.05) is 36.6 Å². The van der Waals surface area contributed by atoms with Gasteiger partial charge in [-0.2, -0.15) is 0 Å². The second-order valence-electron chi connectivity index (χ2n) is 7.40. The first-order valence-corrected chi connectivity index (χ1v) is 12.1. The number of carbonyl (C=O) groups excluding carboxylic acids is 2. The van der Waals surface area contributed by atoms with Crippen LogP contribution in [-0.2, 0) is 4.79 Å². The fourth-order valence-electron chi connectivity index (χ4n) is 3.45. The average Bonchev–Trinajstić information content (AvgIpc) is 3.23. The minimum atomic E-state index is -0.488. The van der Waals surface area contributed by atoms with Crippen LogP contribution in [0.3, 0.4) is 0 Å². The van der Waals surface area contributed by atoms with E-state index in [0.29, 0.717) is 31.9 Å². The molecule has 9 heteroatoms. The molecular weight excluding hydrogens is 447 g/mol. The van der Waals surface area contributed by atoms with E-state index in [1.54, 1.807) is 28.4 Å². The van der Waals surface area contributed by atoms with E-state index in [4.69, 9.17) is 0 Å². The summed E-state index contributed by atoms with van der Waals surface area (Å²) in [4.78, 5) is 33.0. The lowest BCUT2D eigenvalue weighted by Crippen LogP contribution is -2.49. The number of thiazole rings is 1.